The maximum atomic E-state index is 14.3. The van der Waals surface area contributed by atoms with Crippen LogP contribution in [0.3, 0.4) is 0 Å². The molecule has 4 rings (SSSR count). The van der Waals surface area contributed by atoms with Gasteiger partial charge in [0.25, 0.3) is 0 Å². The van der Waals surface area contributed by atoms with E-state index in [0.29, 0.717) is 24.0 Å². The normalized spacial score (nSPS) is 16.9. The Morgan fingerprint density at radius 2 is 1.86 bits per heavy atom. The molecule has 1 amide bonds. The van der Waals surface area contributed by atoms with Gasteiger partial charge in [0.2, 0.25) is 5.91 Å². The van der Waals surface area contributed by atoms with E-state index in [1.165, 1.54) is 12.1 Å². The van der Waals surface area contributed by atoms with E-state index in [0.717, 1.165) is 22.9 Å². The summed E-state index contributed by atoms with van der Waals surface area (Å²) >= 11 is 0. The van der Waals surface area contributed by atoms with Crippen LogP contribution in [0.4, 0.5) is 13.2 Å². The van der Waals surface area contributed by atoms with Gasteiger partial charge in [-0.2, -0.15) is 18.4 Å². The zero-order valence-electron chi connectivity index (χ0n) is 20.9. The van der Waals surface area contributed by atoms with E-state index in [-0.39, 0.29) is 17.9 Å². The molecule has 1 heterocycles. The maximum absolute atomic E-state index is 14.3. The Balaban J connectivity index is 1.67. The van der Waals surface area contributed by atoms with Crippen molar-refractivity contribution >= 4 is 27.8 Å². The van der Waals surface area contributed by atoms with E-state index in [1.807, 2.05) is 51.0 Å². The summed E-state index contributed by atoms with van der Waals surface area (Å²) in [6.07, 6.45) is -3.45. The molecule has 192 valence electrons. The molecule has 1 unspecified atom stereocenters. The zero-order valence-corrected chi connectivity index (χ0v) is 20.9. The number of carbonyl (C=O) groups excluding carboxylic acids is 1. The topological polar surface area (TPSA) is 81.3 Å². The number of benzene rings is 2. The highest BCUT2D eigenvalue weighted by molar-refractivity contribution is 6.05. The van der Waals surface area contributed by atoms with E-state index in [1.54, 1.807) is 6.07 Å². The Hall–Kier alpha value is -3.09. The first-order valence-corrected chi connectivity index (χ1v) is 12.1. The SMILES string of the molecule is CC(C)C[C@H](NC(c1ccc2c(c1)oc1ccc(CN(C)C)cc12)C(F)(F)F)C(=O)NC1(C#N)CC1. The smallest absolute Gasteiger partial charge is 0.407 e. The molecule has 1 aliphatic rings. The van der Waals surface area contributed by atoms with E-state index in [9.17, 15) is 23.2 Å². The third-order valence-electron chi connectivity index (χ3n) is 6.44. The van der Waals surface area contributed by atoms with Crippen LogP contribution in [0, 0.1) is 17.2 Å². The van der Waals surface area contributed by atoms with Crippen molar-refractivity contribution in [1.29, 1.82) is 5.26 Å². The lowest BCUT2D eigenvalue weighted by atomic mass is 9.98. The van der Waals surface area contributed by atoms with Gasteiger partial charge in [0.15, 0.2) is 0 Å². The van der Waals surface area contributed by atoms with Gasteiger partial charge < -0.3 is 14.6 Å². The molecule has 0 saturated heterocycles. The molecular weight excluding hydrogens is 469 g/mol. The number of rotatable bonds is 9. The summed E-state index contributed by atoms with van der Waals surface area (Å²) in [5.74, 6) is -0.621. The van der Waals surface area contributed by atoms with E-state index < -0.39 is 29.7 Å². The van der Waals surface area contributed by atoms with Crippen molar-refractivity contribution in [2.24, 2.45) is 5.92 Å². The van der Waals surface area contributed by atoms with Crippen molar-refractivity contribution in [3.63, 3.8) is 0 Å². The van der Waals surface area contributed by atoms with Crippen molar-refractivity contribution in [1.82, 2.24) is 15.5 Å². The lowest BCUT2D eigenvalue weighted by Gasteiger charge is -2.29. The number of furan rings is 1. The molecule has 0 aliphatic heterocycles. The van der Waals surface area contributed by atoms with Crippen LogP contribution in [0.5, 0.6) is 0 Å². The number of amides is 1. The van der Waals surface area contributed by atoms with Gasteiger partial charge >= 0.3 is 6.18 Å². The first-order valence-electron chi connectivity index (χ1n) is 12.1. The van der Waals surface area contributed by atoms with Crippen molar-refractivity contribution in [2.45, 2.75) is 63.5 Å². The zero-order chi connectivity index (χ0) is 26.3. The molecule has 6 nitrogen and oxygen atoms in total. The monoisotopic (exact) mass is 500 g/mol. The molecule has 9 heteroatoms. The molecule has 1 fully saturated rings. The summed E-state index contributed by atoms with van der Waals surface area (Å²) in [6, 6.07) is 9.11. The number of nitrogens with zero attached hydrogens (tertiary/aromatic N) is 2. The van der Waals surface area contributed by atoms with E-state index in [2.05, 4.69) is 16.7 Å². The molecule has 3 aromatic rings. The fraction of sp³-hybridized carbons (Fsp3) is 0.481. The Labute approximate surface area is 208 Å². The first kappa shape index (κ1) is 26.0. The van der Waals surface area contributed by atoms with Crippen molar-refractivity contribution in [2.75, 3.05) is 14.1 Å². The van der Waals surface area contributed by atoms with Crippen LogP contribution in [0.15, 0.2) is 40.8 Å². The third-order valence-corrected chi connectivity index (χ3v) is 6.44. The first-order chi connectivity index (χ1) is 16.9. The van der Waals surface area contributed by atoms with Crippen LogP contribution >= 0.6 is 0 Å². The maximum Gasteiger partial charge on any atom is 0.407 e. The average Bonchev–Trinajstić information content (AvgIpc) is 3.46. The molecule has 2 atom stereocenters. The van der Waals surface area contributed by atoms with Gasteiger partial charge in [-0.15, -0.1) is 0 Å². The molecule has 0 bridgehead atoms. The van der Waals surface area contributed by atoms with Gasteiger partial charge in [0.1, 0.15) is 22.7 Å². The highest BCUT2D eigenvalue weighted by Crippen LogP contribution is 2.38. The average molecular weight is 501 g/mol. The molecule has 2 N–H and O–H groups in total. The second kappa shape index (κ2) is 9.75. The van der Waals surface area contributed by atoms with Gasteiger partial charge in [0.05, 0.1) is 12.1 Å². The van der Waals surface area contributed by atoms with E-state index in [4.69, 9.17) is 4.42 Å². The Bertz CT molecular complexity index is 1300. The third kappa shape index (κ3) is 5.66. The summed E-state index contributed by atoms with van der Waals surface area (Å²) in [7, 11) is 3.93. The Morgan fingerprint density at radius 1 is 1.14 bits per heavy atom. The van der Waals surface area contributed by atoms with Gasteiger partial charge in [0, 0.05) is 17.3 Å². The van der Waals surface area contributed by atoms with Crippen molar-refractivity contribution in [3.8, 4) is 6.07 Å². The minimum atomic E-state index is -4.65. The lowest BCUT2D eigenvalue weighted by molar-refractivity contribution is -0.161. The van der Waals surface area contributed by atoms with Crippen LogP contribution in [-0.4, -0.2) is 42.7 Å². The van der Waals surface area contributed by atoms with E-state index >= 15 is 0 Å². The highest BCUT2D eigenvalue weighted by Gasteiger charge is 2.47. The van der Waals surface area contributed by atoms with Gasteiger partial charge in [-0.25, -0.2) is 0 Å². The standard InChI is InChI=1S/C27H31F3N4O2/c1-16(2)11-21(25(35)33-26(15-31)9-10-26)32-24(27(28,29)30)18-6-7-19-20-12-17(14-34(3)4)5-8-22(20)36-23(19)13-18/h5-8,12-13,16,21,24,32H,9-11,14H2,1-4H3,(H,33,35)/t21-,24?/m0/s1. The second-order valence-electron chi connectivity index (χ2n) is 10.4. The lowest BCUT2D eigenvalue weighted by Crippen LogP contribution is -2.52. The molecule has 2 aromatic carbocycles. The second-order valence-corrected chi connectivity index (χ2v) is 10.4. The summed E-state index contributed by atoms with van der Waals surface area (Å²) in [6.45, 7) is 4.41. The minimum absolute atomic E-state index is 0.0337. The van der Waals surface area contributed by atoms with Crippen molar-refractivity contribution < 1.29 is 22.4 Å². The summed E-state index contributed by atoms with van der Waals surface area (Å²) in [5.41, 5.74) is 1.03. The highest BCUT2D eigenvalue weighted by atomic mass is 19.4. The van der Waals surface area contributed by atoms with Crippen molar-refractivity contribution in [3.05, 3.63) is 47.5 Å². The Morgan fingerprint density at radius 3 is 2.44 bits per heavy atom. The molecule has 1 aliphatic carbocycles. The number of nitriles is 1. The molecule has 36 heavy (non-hydrogen) atoms. The molecule has 0 radical (unpaired) electrons. The van der Waals surface area contributed by atoms with Gasteiger partial charge in [-0.1, -0.05) is 32.0 Å². The molecule has 1 saturated carbocycles. The van der Waals surface area contributed by atoms with Crippen LogP contribution < -0.4 is 10.6 Å². The number of hydrogen-bond acceptors (Lipinski definition) is 5. The fourth-order valence-electron chi connectivity index (χ4n) is 4.50. The number of halogens is 3. The predicted molar refractivity (Wildman–Crippen MR) is 132 cm³/mol. The summed E-state index contributed by atoms with van der Waals surface area (Å²) < 4.78 is 48.7. The van der Waals surface area contributed by atoms with Gasteiger partial charge in [-0.05, 0) is 68.6 Å². The summed E-state index contributed by atoms with van der Waals surface area (Å²) in [4.78, 5) is 14.9. The largest absolute Gasteiger partial charge is 0.456 e. The number of fused-ring (bicyclic) bond motifs is 3. The number of alkyl halides is 3. The van der Waals surface area contributed by atoms with Gasteiger partial charge in [-0.3, -0.25) is 10.1 Å². The predicted octanol–water partition coefficient (Wildman–Crippen LogP) is 5.43. The van der Waals surface area contributed by atoms with Crippen LogP contribution in [0.1, 0.15) is 50.3 Å². The van der Waals surface area contributed by atoms with Crippen LogP contribution in [0.2, 0.25) is 0 Å². The Kier molecular flexibility index (Phi) is 7.04. The number of hydrogen-bond donors (Lipinski definition) is 2. The number of nitrogens with one attached hydrogen (secondary N) is 2. The minimum Gasteiger partial charge on any atom is -0.456 e. The fourth-order valence-corrected chi connectivity index (χ4v) is 4.50. The summed E-state index contributed by atoms with van der Waals surface area (Å²) in [5, 5.41) is 16.1. The molecule has 1 aromatic heterocycles. The molecule has 0 spiro atoms. The number of carbonyl (C=O) groups is 1. The van der Waals surface area contributed by atoms with Crippen LogP contribution in [-0.2, 0) is 11.3 Å². The quantitative estimate of drug-likeness (QED) is 0.410. The molecular formula is C27H31F3N4O2. The van der Waals surface area contributed by atoms with Crippen LogP contribution in [0.25, 0.3) is 21.9 Å².